The van der Waals surface area contributed by atoms with Gasteiger partial charge >= 0.3 is 0 Å². The summed E-state index contributed by atoms with van der Waals surface area (Å²) in [6, 6.07) is 28.2. The van der Waals surface area contributed by atoms with Crippen LogP contribution in [0.1, 0.15) is 22.3 Å². The number of benzene rings is 3. The van der Waals surface area contributed by atoms with E-state index in [1.807, 2.05) is 66.7 Å². The molecule has 3 aromatic rings. The van der Waals surface area contributed by atoms with E-state index in [-0.39, 0.29) is 0 Å². The molecule has 0 unspecified atom stereocenters. The lowest BCUT2D eigenvalue weighted by molar-refractivity contribution is 0.305. The Kier molecular flexibility index (Phi) is 4.71. The summed E-state index contributed by atoms with van der Waals surface area (Å²) in [6.07, 6.45) is 0.728. The first-order valence-corrected chi connectivity index (χ1v) is 7.59. The maximum absolute atomic E-state index is 9.54. The number of hydrogen-bond acceptors (Lipinski definition) is 2. The largest absolute Gasteiger partial charge is 0.488 e. The molecule has 0 radical (unpaired) electrons. The second-order valence-corrected chi connectivity index (χ2v) is 5.34. The second-order valence-electron chi connectivity index (χ2n) is 5.34. The maximum atomic E-state index is 9.54. The highest BCUT2D eigenvalue weighted by atomic mass is 16.5. The van der Waals surface area contributed by atoms with Gasteiger partial charge in [0.25, 0.3) is 0 Å². The van der Waals surface area contributed by atoms with Gasteiger partial charge in [0.2, 0.25) is 0 Å². The number of rotatable bonds is 5. The molecule has 2 heteroatoms. The number of hydrogen-bond donors (Lipinski definition) is 0. The van der Waals surface area contributed by atoms with Crippen molar-refractivity contribution in [1.29, 1.82) is 5.26 Å². The molecular weight excluding hydrogens is 282 g/mol. The van der Waals surface area contributed by atoms with Crippen LogP contribution in [0, 0.1) is 11.3 Å². The molecule has 3 aromatic carbocycles. The Morgan fingerprint density at radius 3 is 2.04 bits per heavy atom. The van der Waals surface area contributed by atoms with Crippen molar-refractivity contribution in [3.05, 3.63) is 101 Å². The van der Waals surface area contributed by atoms with Gasteiger partial charge in [0, 0.05) is 0 Å². The summed E-state index contributed by atoms with van der Waals surface area (Å²) < 4.78 is 5.87. The van der Waals surface area contributed by atoms with E-state index >= 15 is 0 Å². The molecule has 0 fully saturated rings. The number of nitriles is 1. The smallest absolute Gasteiger partial charge is 0.137 e. The van der Waals surface area contributed by atoms with Gasteiger partial charge in [-0.1, -0.05) is 72.8 Å². The Morgan fingerprint density at radius 1 is 0.739 bits per heavy atom. The van der Waals surface area contributed by atoms with E-state index in [1.165, 1.54) is 5.56 Å². The van der Waals surface area contributed by atoms with Crippen molar-refractivity contribution in [2.45, 2.75) is 13.0 Å². The Morgan fingerprint density at radius 2 is 1.39 bits per heavy atom. The molecule has 0 bridgehead atoms. The van der Waals surface area contributed by atoms with Crippen LogP contribution < -0.4 is 4.74 Å². The van der Waals surface area contributed by atoms with Crippen LogP contribution in [-0.4, -0.2) is 0 Å². The first kappa shape index (κ1) is 14.9. The van der Waals surface area contributed by atoms with Crippen LogP contribution in [0.25, 0.3) is 0 Å². The minimum Gasteiger partial charge on any atom is -0.488 e. The fourth-order valence-corrected chi connectivity index (χ4v) is 2.52. The Labute approximate surface area is 136 Å². The van der Waals surface area contributed by atoms with Gasteiger partial charge < -0.3 is 4.74 Å². The molecule has 0 aromatic heterocycles. The second kappa shape index (κ2) is 7.29. The highest BCUT2D eigenvalue weighted by molar-refractivity contribution is 5.50. The highest BCUT2D eigenvalue weighted by Gasteiger charge is 2.10. The predicted molar refractivity (Wildman–Crippen MR) is 91.2 cm³/mol. The number of nitrogens with zero attached hydrogens (tertiary/aromatic N) is 1. The molecule has 0 atom stereocenters. The van der Waals surface area contributed by atoms with Crippen LogP contribution in [0.4, 0.5) is 0 Å². The molecule has 0 N–H and O–H groups in total. The van der Waals surface area contributed by atoms with E-state index in [0.29, 0.717) is 17.9 Å². The van der Waals surface area contributed by atoms with Crippen molar-refractivity contribution >= 4 is 0 Å². The molecule has 0 amide bonds. The van der Waals surface area contributed by atoms with Crippen LogP contribution in [0.15, 0.2) is 78.9 Å². The van der Waals surface area contributed by atoms with E-state index in [1.54, 1.807) is 0 Å². The van der Waals surface area contributed by atoms with Gasteiger partial charge in [0.1, 0.15) is 18.4 Å². The summed E-state index contributed by atoms with van der Waals surface area (Å²) in [6.45, 7) is 0.463. The molecule has 0 aliphatic heterocycles. The van der Waals surface area contributed by atoms with E-state index in [9.17, 15) is 5.26 Å². The van der Waals surface area contributed by atoms with Gasteiger partial charge in [-0.05, 0) is 29.2 Å². The van der Waals surface area contributed by atoms with Crippen molar-refractivity contribution < 1.29 is 4.74 Å². The molecule has 2 nitrogen and oxygen atoms in total. The van der Waals surface area contributed by atoms with Gasteiger partial charge in [0.15, 0.2) is 0 Å². The average molecular weight is 299 g/mol. The van der Waals surface area contributed by atoms with Crippen molar-refractivity contribution in [3.8, 4) is 11.8 Å². The summed E-state index contributed by atoms with van der Waals surface area (Å²) in [5, 5.41) is 9.54. The van der Waals surface area contributed by atoms with Gasteiger partial charge in [-0.15, -0.1) is 0 Å². The molecule has 112 valence electrons. The van der Waals surface area contributed by atoms with E-state index in [4.69, 9.17) is 4.74 Å². The third kappa shape index (κ3) is 3.78. The third-order valence-corrected chi connectivity index (χ3v) is 3.70. The molecule has 0 saturated carbocycles. The normalized spacial score (nSPS) is 10.0. The van der Waals surface area contributed by atoms with Crippen LogP contribution in [0.2, 0.25) is 0 Å². The lowest BCUT2D eigenvalue weighted by Crippen LogP contribution is -2.00. The molecule has 0 aliphatic carbocycles. The standard InChI is InChI=1S/C21H17NO/c22-15-20-19(14-17-8-3-1-4-9-17)12-7-13-21(20)23-16-18-10-5-2-6-11-18/h1-13H,14,16H2. The van der Waals surface area contributed by atoms with Gasteiger partial charge in [-0.25, -0.2) is 0 Å². The quantitative estimate of drug-likeness (QED) is 0.682. The fourth-order valence-electron chi connectivity index (χ4n) is 2.52. The SMILES string of the molecule is N#Cc1c(Cc2ccccc2)cccc1OCc1ccccc1. The summed E-state index contributed by atoms with van der Waals surface area (Å²) in [5.41, 5.74) is 3.88. The zero-order chi connectivity index (χ0) is 15.9. The molecule has 0 saturated heterocycles. The molecule has 0 heterocycles. The van der Waals surface area contributed by atoms with Gasteiger partial charge in [-0.2, -0.15) is 5.26 Å². The van der Waals surface area contributed by atoms with Crippen LogP contribution in [0.5, 0.6) is 5.75 Å². The van der Waals surface area contributed by atoms with Crippen LogP contribution >= 0.6 is 0 Å². The van der Waals surface area contributed by atoms with Gasteiger partial charge in [-0.3, -0.25) is 0 Å². The maximum Gasteiger partial charge on any atom is 0.137 e. The summed E-state index contributed by atoms with van der Waals surface area (Å²) in [5.74, 6) is 0.643. The predicted octanol–water partition coefficient (Wildman–Crippen LogP) is 4.73. The molecule has 0 aliphatic rings. The summed E-state index contributed by atoms with van der Waals surface area (Å²) in [4.78, 5) is 0. The van der Waals surface area contributed by atoms with Crippen molar-refractivity contribution in [1.82, 2.24) is 0 Å². The summed E-state index contributed by atoms with van der Waals surface area (Å²) >= 11 is 0. The third-order valence-electron chi connectivity index (χ3n) is 3.70. The topological polar surface area (TPSA) is 33.0 Å². The Hall–Kier alpha value is -3.05. The van der Waals surface area contributed by atoms with E-state index < -0.39 is 0 Å². The van der Waals surface area contributed by atoms with Crippen molar-refractivity contribution in [2.75, 3.05) is 0 Å². The van der Waals surface area contributed by atoms with Gasteiger partial charge in [0.05, 0.1) is 5.56 Å². The summed E-state index contributed by atoms with van der Waals surface area (Å²) in [7, 11) is 0. The van der Waals surface area contributed by atoms with E-state index in [0.717, 1.165) is 17.5 Å². The Balaban J connectivity index is 1.81. The van der Waals surface area contributed by atoms with Crippen molar-refractivity contribution in [3.63, 3.8) is 0 Å². The van der Waals surface area contributed by atoms with Crippen LogP contribution in [-0.2, 0) is 13.0 Å². The van der Waals surface area contributed by atoms with E-state index in [2.05, 4.69) is 18.2 Å². The zero-order valence-electron chi connectivity index (χ0n) is 12.8. The van der Waals surface area contributed by atoms with Crippen LogP contribution in [0.3, 0.4) is 0 Å². The molecule has 0 spiro atoms. The van der Waals surface area contributed by atoms with Crippen molar-refractivity contribution in [2.24, 2.45) is 0 Å². The first-order chi connectivity index (χ1) is 11.4. The molecular formula is C21H17NO. The molecule has 23 heavy (non-hydrogen) atoms. The average Bonchev–Trinajstić information content (AvgIpc) is 2.62. The number of ether oxygens (including phenoxy) is 1. The zero-order valence-corrected chi connectivity index (χ0v) is 12.8. The first-order valence-electron chi connectivity index (χ1n) is 7.59. The Bertz CT molecular complexity index is 804. The lowest BCUT2D eigenvalue weighted by Gasteiger charge is -2.11. The molecule has 3 rings (SSSR count). The lowest BCUT2D eigenvalue weighted by atomic mass is 10.00. The monoisotopic (exact) mass is 299 g/mol. The highest BCUT2D eigenvalue weighted by Crippen LogP contribution is 2.24. The minimum absolute atomic E-state index is 0.463. The fraction of sp³-hybridized carbons (Fsp3) is 0.0952. The minimum atomic E-state index is 0.463.